The summed E-state index contributed by atoms with van der Waals surface area (Å²) in [5.41, 5.74) is 4.36. The first-order chi connectivity index (χ1) is 15.4. The quantitative estimate of drug-likeness (QED) is 0.275. The fourth-order valence-corrected chi connectivity index (χ4v) is 4.79. The van der Waals surface area contributed by atoms with E-state index >= 15 is 0 Å². The zero-order valence-corrected chi connectivity index (χ0v) is 20.3. The molecule has 0 spiro atoms. The Labute approximate surface area is 199 Å². The van der Waals surface area contributed by atoms with Gasteiger partial charge in [0.1, 0.15) is 12.4 Å². The monoisotopic (exact) mass is 510 g/mol. The van der Waals surface area contributed by atoms with Crippen LogP contribution >= 0.6 is 27.7 Å². The molecule has 0 aliphatic carbocycles. The molecular formula is C25H23BrN2O3S. The predicted octanol–water partition coefficient (Wildman–Crippen LogP) is 6.32. The molecular weight excluding hydrogens is 488 g/mol. The van der Waals surface area contributed by atoms with Gasteiger partial charge in [-0.1, -0.05) is 28.1 Å². The number of halogens is 1. The first kappa shape index (κ1) is 22.4. The van der Waals surface area contributed by atoms with E-state index in [1.807, 2.05) is 36.5 Å². The Morgan fingerprint density at radius 2 is 1.94 bits per heavy atom. The van der Waals surface area contributed by atoms with Crippen molar-refractivity contribution in [3.63, 3.8) is 0 Å². The number of nitrogens with zero attached hydrogens (tertiary/aromatic N) is 2. The molecule has 164 valence electrons. The second kappa shape index (κ2) is 9.38. The van der Waals surface area contributed by atoms with Crippen molar-refractivity contribution in [2.24, 2.45) is 0 Å². The van der Waals surface area contributed by atoms with Gasteiger partial charge in [-0.25, -0.2) is 0 Å². The zero-order chi connectivity index (χ0) is 22.8. The van der Waals surface area contributed by atoms with E-state index in [0.717, 1.165) is 38.5 Å². The molecule has 0 radical (unpaired) electrons. The van der Waals surface area contributed by atoms with Crippen LogP contribution in [0.15, 0.2) is 64.6 Å². The number of aromatic nitrogens is 1. The van der Waals surface area contributed by atoms with Crippen molar-refractivity contribution in [2.45, 2.75) is 20.4 Å². The molecule has 1 saturated heterocycles. The Balaban J connectivity index is 1.60. The number of hydrogen-bond acceptors (Lipinski definition) is 4. The fraction of sp³-hybridized carbons (Fsp3) is 0.200. The molecule has 1 aliphatic heterocycles. The Morgan fingerprint density at radius 1 is 1.12 bits per heavy atom. The highest BCUT2D eigenvalue weighted by atomic mass is 79.9. The average Bonchev–Trinajstić information content (AvgIpc) is 3.22. The number of carbonyl (C=O) groups excluding carboxylic acids is 2. The van der Waals surface area contributed by atoms with Gasteiger partial charge >= 0.3 is 0 Å². The van der Waals surface area contributed by atoms with Crippen LogP contribution in [0.3, 0.4) is 0 Å². The molecule has 2 amide bonds. The van der Waals surface area contributed by atoms with Crippen molar-refractivity contribution in [1.29, 1.82) is 0 Å². The van der Waals surface area contributed by atoms with Gasteiger partial charge in [-0.2, -0.15) is 0 Å². The van der Waals surface area contributed by atoms with Gasteiger partial charge in [0.15, 0.2) is 0 Å². The molecule has 4 rings (SSSR count). The summed E-state index contributed by atoms with van der Waals surface area (Å²) in [5.74, 6) is 0.567. The molecule has 0 unspecified atom stereocenters. The van der Waals surface area contributed by atoms with Gasteiger partial charge < -0.3 is 9.30 Å². The second-order valence-corrected chi connectivity index (χ2v) is 9.52. The van der Waals surface area contributed by atoms with E-state index in [-0.39, 0.29) is 17.7 Å². The lowest BCUT2D eigenvalue weighted by Gasteiger charge is -2.10. The first-order valence-corrected chi connectivity index (χ1v) is 11.8. The minimum Gasteiger partial charge on any atom is -0.492 e. The van der Waals surface area contributed by atoms with E-state index in [0.29, 0.717) is 18.1 Å². The Kier molecular flexibility index (Phi) is 6.58. The minimum absolute atomic E-state index is 0.213. The van der Waals surface area contributed by atoms with Crippen LogP contribution in [0, 0.1) is 13.8 Å². The number of hydrogen-bond donors (Lipinski definition) is 0. The average molecular weight is 511 g/mol. The zero-order valence-electron chi connectivity index (χ0n) is 17.9. The van der Waals surface area contributed by atoms with Crippen molar-refractivity contribution in [3.8, 4) is 5.75 Å². The number of rotatable bonds is 7. The van der Waals surface area contributed by atoms with Gasteiger partial charge in [-0.15, -0.1) is 6.58 Å². The van der Waals surface area contributed by atoms with Crippen LogP contribution in [0.4, 0.5) is 4.79 Å². The highest BCUT2D eigenvalue weighted by Gasteiger charge is 2.34. The molecule has 32 heavy (non-hydrogen) atoms. The third kappa shape index (κ3) is 4.54. The summed E-state index contributed by atoms with van der Waals surface area (Å²) in [4.78, 5) is 26.4. The summed E-state index contributed by atoms with van der Waals surface area (Å²) in [7, 11) is 0. The van der Waals surface area contributed by atoms with Crippen molar-refractivity contribution < 1.29 is 14.3 Å². The van der Waals surface area contributed by atoms with Crippen molar-refractivity contribution >= 4 is 55.8 Å². The molecule has 1 aromatic heterocycles. The summed E-state index contributed by atoms with van der Waals surface area (Å²) in [6.45, 7) is 9.15. The van der Waals surface area contributed by atoms with Crippen molar-refractivity contribution in [3.05, 3.63) is 81.3 Å². The SMILES string of the molecule is C=CCN1C(=O)S/C(=C\c2cn(CCOc3ccc(C)c(C)c3)c3ccc(Br)cc23)C1=O. The van der Waals surface area contributed by atoms with Crippen molar-refractivity contribution in [1.82, 2.24) is 9.47 Å². The normalized spacial score (nSPS) is 15.2. The van der Waals surface area contributed by atoms with Crippen molar-refractivity contribution in [2.75, 3.05) is 13.2 Å². The van der Waals surface area contributed by atoms with Crippen LogP contribution in [0.5, 0.6) is 5.75 Å². The molecule has 0 saturated carbocycles. The molecule has 3 aromatic rings. The summed E-state index contributed by atoms with van der Waals surface area (Å²) in [6, 6.07) is 12.1. The van der Waals surface area contributed by atoms with E-state index in [2.05, 4.69) is 47.0 Å². The molecule has 7 heteroatoms. The topological polar surface area (TPSA) is 51.5 Å². The molecule has 0 atom stereocenters. The van der Waals surface area contributed by atoms with Crippen LogP contribution < -0.4 is 4.74 Å². The molecule has 2 aromatic carbocycles. The number of fused-ring (bicyclic) bond motifs is 1. The van der Waals surface area contributed by atoms with Crippen LogP contribution in [-0.4, -0.2) is 33.8 Å². The number of benzene rings is 2. The maximum atomic E-state index is 12.6. The highest BCUT2D eigenvalue weighted by molar-refractivity contribution is 9.10. The van der Waals surface area contributed by atoms with E-state index in [1.54, 1.807) is 12.2 Å². The number of imide groups is 1. The predicted molar refractivity (Wildman–Crippen MR) is 134 cm³/mol. The van der Waals surface area contributed by atoms with Gasteiger partial charge in [0.05, 0.1) is 11.4 Å². The van der Waals surface area contributed by atoms with Crippen LogP contribution in [0.2, 0.25) is 0 Å². The number of thioether (sulfide) groups is 1. The molecule has 1 aliphatic rings. The lowest BCUT2D eigenvalue weighted by Crippen LogP contribution is -2.27. The first-order valence-electron chi connectivity index (χ1n) is 10.2. The van der Waals surface area contributed by atoms with Crippen LogP contribution in [0.25, 0.3) is 17.0 Å². The molecule has 5 nitrogen and oxygen atoms in total. The number of carbonyl (C=O) groups is 2. The van der Waals surface area contributed by atoms with Gasteiger partial charge in [0.25, 0.3) is 11.1 Å². The van der Waals surface area contributed by atoms with Gasteiger partial charge in [0.2, 0.25) is 0 Å². The third-order valence-electron chi connectivity index (χ3n) is 5.43. The largest absolute Gasteiger partial charge is 0.492 e. The minimum atomic E-state index is -0.283. The van der Waals surface area contributed by atoms with E-state index in [1.165, 1.54) is 16.0 Å². The standard InChI is InChI=1S/C25H23BrN2O3S/c1-4-9-28-24(29)23(32-25(28)30)13-18-15-27(22-8-6-19(26)14-21(18)22)10-11-31-20-7-5-16(2)17(3)12-20/h4-8,12-15H,1,9-11H2,2-3H3/b23-13-. The lowest BCUT2D eigenvalue weighted by molar-refractivity contribution is -0.122. The fourth-order valence-electron chi connectivity index (χ4n) is 3.59. The van der Waals surface area contributed by atoms with Crippen LogP contribution in [0.1, 0.15) is 16.7 Å². The van der Waals surface area contributed by atoms with E-state index in [9.17, 15) is 9.59 Å². The molecule has 1 fully saturated rings. The smallest absolute Gasteiger partial charge is 0.293 e. The van der Waals surface area contributed by atoms with Crippen LogP contribution in [-0.2, 0) is 11.3 Å². The van der Waals surface area contributed by atoms with E-state index in [4.69, 9.17) is 4.74 Å². The Hall–Kier alpha value is -2.77. The third-order valence-corrected chi connectivity index (χ3v) is 6.83. The number of aryl methyl sites for hydroxylation is 2. The van der Waals surface area contributed by atoms with E-state index < -0.39 is 0 Å². The number of ether oxygens (including phenoxy) is 1. The molecule has 2 heterocycles. The Bertz CT molecular complexity index is 1260. The van der Waals surface area contributed by atoms with Gasteiger partial charge in [0, 0.05) is 33.7 Å². The van der Waals surface area contributed by atoms with Gasteiger partial charge in [-0.3, -0.25) is 14.5 Å². The summed E-state index contributed by atoms with van der Waals surface area (Å²) in [6.07, 6.45) is 5.35. The second-order valence-electron chi connectivity index (χ2n) is 7.61. The number of amides is 2. The maximum Gasteiger partial charge on any atom is 0.293 e. The summed E-state index contributed by atoms with van der Waals surface area (Å²) in [5, 5.41) is 0.730. The lowest BCUT2D eigenvalue weighted by atomic mass is 10.1. The Morgan fingerprint density at radius 3 is 2.69 bits per heavy atom. The highest BCUT2D eigenvalue weighted by Crippen LogP contribution is 2.34. The van der Waals surface area contributed by atoms with Gasteiger partial charge in [-0.05, 0) is 73.1 Å². The summed E-state index contributed by atoms with van der Waals surface area (Å²) >= 11 is 4.50. The maximum absolute atomic E-state index is 12.6. The molecule has 0 N–H and O–H groups in total. The molecule has 0 bridgehead atoms. The summed E-state index contributed by atoms with van der Waals surface area (Å²) < 4.78 is 9.03.